The molecule has 0 aliphatic carbocycles. The summed E-state index contributed by atoms with van der Waals surface area (Å²) in [5, 5.41) is 10.9. The quantitative estimate of drug-likeness (QED) is 0.811. The Morgan fingerprint density at radius 1 is 1.12 bits per heavy atom. The van der Waals surface area contributed by atoms with E-state index < -0.39 is 14.7 Å². The van der Waals surface area contributed by atoms with Gasteiger partial charge in [-0.05, 0) is 35.0 Å². The van der Waals surface area contributed by atoms with E-state index in [1.54, 1.807) is 30.3 Å². The van der Waals surface area contributed by atoms with Gasteiger partial charge in [0.1, 0.15) is 5.75 Å². The Kier molecular flexibility index (Phi) is 2.84. The van der Waals surface area contributed by atoms with E-state index in [0.29, 0.717) is 5.56 Å². The Bertz CT molecular complexity index is 565. The van der Waals surface area contributed by atoms with Crippen molar-refractivity contribution >= 4 is 25.4 Å². The predicted octanol–water partition coefficient (Wildman–Crippen LogP) is 2.91. The molecule has 0 spiro atoms. The topological polar surface area (TPSA) is 63.6 Å². The van der Waals surface area contributed by atoms with Crippen LogP contribution in [0.4, 0.5) is 0 Å². The van der Waals surface area contributed by atoms with Gasteiger partial charge in [0.15, 0.2) is 0 Å². The third kappa shape index (κ3) is 2.02. The highest BCUT2D eigenvalue weighted by Crippen LogP contribution is 2.21. The first kappa shape index (κ1) is 10.6. The summed E-state index contributed by atoms with van der Waals surface area (Å²) in [6.07, 6.45) is 0. The van der Waals surface area contributed by atoms with Crippen molar-refractivity contribution in [3.05, 3.63) is 42.0 Å². The van der Waals surface area contributed by atoms with Gasteiger partial charge in [0.2, 0.25) is 0 Å². The minimum atomic E-state index is -0.664. The number of phenolic OH excluding ortho intramolecular Hbond substituents is 1. The lowest BCUT2D eigenvalue weighted by atomic mass is 10.1. The summed E-state index contributed by atoms with van der Waals surface area (Å²) < 4.78 is 14.4. The zero-order valence-electron chi connectivity index (χ0n) is 8.08. The molecule has 0 atom stereocenters. The van der Waals surface area contributed by atoms with E-state index in [-0.39, 0.29) is 5.75 Å². The molecule has 0 aliphatic rings. The van der Waals surface area contributed by atoms with E-state index in [2.05, 4.69) is 4.52 Å². The van der Waals surface area contributed by atoms with Crippen LogP contribution in [0.2, 0.25) is 0 Å². The largest absolute Gasteiger partial charge is 0.508 e. The summed E-state index contributed by atoms with van der Waals surface area (Å²) >= 11 is 0. The maximum Gasteiger partial charge on any atom is 0.398 e. The monoisotopic (exact) mass is 234 g/mol. The second-order valence-electron chi connectivity index (χ2n) is 3.20. The van der Waals surface area contributed by atoms with Gasteiger partial charge in [-0.25, -0.2) is 9.36 Å². The lowest BCUT2D eigenvalue weighted by Crippen LogP contribution is -1.97. The van der Waals surface area contributed by atoms with Gasteiger partial charge in [-0.3, -0.25) is 0 Å². The molecule has 2 rings (SSSR count). The Balaban J connectivity index is 2.48. The summed E-state index contributed by atoms with van der Waals surface area (Å²) in [6, 6.07) is 9.67. The summed E-state index contributed by atoms with van der Waals surface area (Å²) in [4.78, 5) is 11.3. The highest BCUT2D eigenvalue weighted by atomic mass is 31.1. The van der Waals surface area contributed by atoms with Crippen molar-refractivity contribution in [3.8, 4) is 5.75 Å². The van der Waals surface area contributed by atoms with Crippen molar-refractivity contribution in [2.45, 2.75) is 0 Å². The van der Waals surface area contributed by atoms with Crippen molar-refractivity contribution in [1.29, 1.82) is 0 Å². The molecule has 2 aromatic carbocycles. The zero-order chi connectivity index (χ0) is 11.5. The molecule has 0 saturated carbocycles. The minimum Gasteiger partial charge on any atom is -0.508 e. The van der Waals surface area contributed by atoms with E-state index in [4.69, 9.17) is 0 Å². The third-order valence-electron chi connectivity index (χ3n) is 2.18. The first-order chi connectivity index (χ1) is 7.70. The van der Waals surface area contributed by atoms with Crippen LogP contribution >= 0.6 is 8.69 Å². The van der Waals surface area contributed by atoms with E-state index in [0.717, 1.165) is 10.8 Å². The average Bonchev–Trinajstić information content (AvgIpc) is 2.28. The normalized spacial score (nSPS) is 10.5. The van der Waals surface area contributed by atoms with Gasteiger partial charge >= 0.3 is 14.7 Å². The van der Waals surface area contributed by atoms with Crippen LogP contribution in [0.3, 0.4) is 0 Å². The number of carbonyl (C=O) groups excluding carboxylic acids is 1. The lowest BCUT2D eigenvalue weighted by molar-refractivity contribution is 0.0756. The second kappa shape index (κ2) is 4.29. The Hall–Kier alpha value is -1.93. The molecule has 0 heterocycles. The highest BCUT2D eigenvalue weighted by molar-refractivity contribution is 7.18. The van der Waals surface area contributed by atoms with E-state index in [1.165, 1.54) is 6.07 Å². The highest BCUT2D eigenvalue weighted by Gasteiger charge is 2.07. The molecule has 0 aliphatic heterocycles. The summed E-state index contributed by atoms with van der Waals surface area (Å²) in [6.45, 7) is 0. The van der Waals surface area contributed by atoms with Crippen LogP contribution in [0.1, 0.15) is 10.4 Å². The molecule has 0 fully saturated rings. The van der Waals surface area contributed by atoms with E-state index in [1.807, 2.05) is 0 Å². The van der Waals surface area contributed by atoms with Crippen molar-refractivity contribution in [2.24, 2.45) is 0 Å². The number of benzene rings is 2. The van der Waals surface area contributed by atoms with Crippen molar-refractivity contribution in [1.82, 2.24) is 0 Å². The molecule has 16 heavy (non-hydrogen) atoms. The number of aromatic hydroxyl groups is 1. The summed E-state index contributed by atoms with van der Waals surface area (Å²) in [7, 11) is -0.664. The fourth-order valence-electron chi connectivity index (χ4n) is 1.45. The fraction of sp³-hybridized carbons (Fsp3) is 0. The maximum absolute atomic E-state index is 11.3. The summed E-state index contributed by atoms with van der Waals surface area (Å²) in [5.74, 6) is -0.479. The molecule has 0 unspecified atom stereocenters. The number of phenols is 1. The molecule has 0 saturated heterocycles. The minimum absolute atomic E-state index is 0.168. The number of hydrogen-bond donors (Lipinski definition) is 1. The Morgan fingerprint density at radius 3 is 2.56 bits per heavy atom. The molecule has 0 amide bonds. The second-order valence-corrected chi connectivity index (χ2v) is 3.53. The third-order valence-corrected chi connectivity index (χ3v) is 2.42. The molecule has 2 aromatic rings. The summed E-state index contributed by atoms with van der Waals surface area (Å²) in [5.41, 5.74) is 0.321. The number of rotatable bonds is 2. The zero-order valence-corrected chi connectivity index (χ0v) is 8.98. The van der Waals surface area contributed by atoms with Crippen LogP contribution in [0.15, 0.2) is 36.4 Å². The average molecular weight is 234 g/mol. The smallest absolute Gasteiger partial charge is 0.398 e. The molecule has 1 N–H and O–H groups in total. The molecular weight excluding hydrogens is 227 g/mol. The SMILES string of the molecule is O=POC(=O)c1ccc2cc(O)ccc2c1. The van der Waals surface area contributed by atoms with Gasteiger partial charge in [0, 0.05) is 0 Å². The van der Waals surface area contributed by atoms with Crippen LogP contribution in [0.5, 0.6) is 5.75 Å². The first-order valence-electron chi connectivity index (χ1n) is 4.47. The fourth-order valence-corrected chi connectivity index (χ4v) is 1.62. The molecule has 5 heteroatoms. The van der Waals surface area contributed by atoms with Gasteiger partial charge in [-0.1, -0.05) is 12.1 Å². The van der Waals surface area contributed by atoms with Gasteiger partial charge < -0.3 is 9.63 Å². The standard InChI is InChI=1S/C11H7O4P/c12-10-4-3-7-5-9(11(13)15-16-14)2-1-8(7)6-10/h1-6,12H. The molecule has 80 valence electrons. The Morgan fingerprint density at radius 2 is 1.81 bits per heavy atom. The lowest BCUT2D eigenvalue weighted by Gasteiger charge is -2.01. The van der Waals surface area contributed by atoms with Crippen molar-refractivity contribution in [3.63, 3.8) is 0 Å². The van der Waals surface area contributed by atoms with Gasteiger partial charge in [0.05, 0.1) is 5.56 Å². The van der Waals surface area contributed by atoms with Crippen LogP contribution in [0, 0.1) is 0 Å². The van der Waals surface area contributed by atoms with Gasteiger partial charge in [-0.2, -0.15) is 0 Å². The molecular formula is C11H7O4P. The van der Waals surface area contributed by atoms with Gasteiger partial charge in [0.25, 0.3) is 0 Å². The van der Waals surface area contributed by atoms with Crippen LogP contribution < -0.4 is 0 Å². The predicted molar refractivity (Wildman–Crippen MR) is 58.6 cm³/mol. The Labute approximate surface area is 92.8 Å². The first-order valence-corrected chi connectivity index (χ1v) is 5.20. The van der Waals surface area contributed by atoms with Crippen LogP contribution in [0.25, 0.3) is 10.8 Å². The molecule has 0 radical (unpaired) electrons. The van der Waals surface area contributed by atoms with Crippen LogP contribution in [-0.2, 0) is 9.09 Å². The maximum atomic E-state index is 11.3. The van der Waals surface area contributed by atoms with Crippen molar-refractivity contribution in [2.75, 3.05) is 0 Å². The van der Waals surface area contributed by atoms with Gasteiger partial charge in [-0.15, -0.1) is 0 Å². The molecule has 0 bridgehead atoms. The van der Waals surface area contributed by atoms with E-state index >= 15 is 0 Å². The van der Waals surface area contributed by atoms with Crippen LogP contribution in [-0.4, -0.2) is 11.1 Å². The number of fused-ring (bicyclic) bond motifs is 1. The molecule has 4 nitrogen and oxygen atoms in total. The van der Waals surface area contributed by atoms with Crippen molar-refractivity contribution < 1.29 is 19.0 Å². The number of carbonyl (C=O) groups is 1. The number of hydrogen-bond acceptors (Lipinski definition) is 4. The van der Waals surface area contributed by atoms with E-state index in [9.17, 15) is 14.5 Å². The molecule has 0 aromatic heterocycles.